The monoisotopic (exact) mass is 287 g/mol. The minimum Gasteiger partial charge on any atom is -0.477 e. The van der Waals surface area contributed by atoms with Crippen LogP contribution in [0.15, 0.2) is 42.6 Å². The van der Waals surface area contributed by atoms with E-state index < -0.39 is 17.7 Å². The van der Waals surface area contributed by atoms with Crippen LogP contribution in [0.25, 0.3) is 6.08 Å². The quantitative estimate of drug-likeness (QED) is 0.480. The molecular weight excluding hydrogens is 275 g/mol. The molecule has 0 aromatic heterocycles. The smallest absolute Gasteiger partial charge is 0.416 e. The lowest BCUT2D eigenvalue weighted by Crippen LogP contribution is -2.19. The summed E-state index contributed by atoms with van der Waals surface area (Å²) in [6.45, 7) is 3.14. The summed E-state index contributed by atoms with van der Waals surface area (Å²) in [6, 6.07) is 4.79. The Morgan fingerprint density at radius 3 is 2.75 bits per heavy atom. The van der Waals surface area contributed by atoms with Crippen molar-refractivity contribution in [2.45, 2.75) is 6.18 Å². The molecule has 1 rings (SSSR count). The molecule has 0 unspecified atom stereocenters. The van der Waals surface area contributed by atoms with Gasteiger partial charge in [0, 0.05) is 0 Å². The normalized spacial score (nSPS) is 11.6. The van der Waals surface area contributed by atoms with Crippen molar-refractivity contribution in [3.63, 3.8) is 0 Å². The van der Waals surface area contributed by atoms with Crippen molar-refractivity contribution in [2.75, 3.05) is 6.61 Å². The molecule has 0 atom stereocenters. The van der Waals surface area contributed by atoms with Crippen molar-refractivity contribution >= 4 is 12.0 Å². The average Bonchev–Trinajstić information content (AvgIpc) is 2.37. The van der Waals surface area contributed by atoms with Crippen LogP contribution in [0.1, 0.15) is 11.1 Å². The zero-order valence-corrected chi connectivity index (χ0v) is 10.3. The fourth-order valence-corrected chi connectivity index (χ4v) is 1.22. The van der Waals surface area contributed by atoms with Crippen molar-refractivity contribution in [3.05, 3.63) is 53.7 Å². The van der Waals surface area contributed by atoms with E-state index in [-0.39, 0.29) is 12.3 Å². The molecular formula is C13H12F3NO3. The molecule has 0 saturated carbocycles. The number of hydroxylamine groups is 1. The van der Waals surface area contributed by atoms with Gasteiger partial charge < -0.3 is 5.11 Å². The zero-order valence-electron chi connectivity index (χ0n) is 10.3. The Bertz CT molecular complexity index is 524. The standard InChI is InChI=1S/C13H12F3NO3/c1-9(12(18)19)17-20-7-3-5-10-4-2-6-11(8-10)13(14,15)16/h2-6,8,17H,1,7H2,(H,18,19). The average molecular weight is 287 g/mol. The van der Waals surface area contributed by atoms with Gasteiger partial charge >= 0.3 is 12.1 Å². The number of alkyl halides is 3. The third kappa shape index (κ3) is 5.15. The highest BCUT2D eigenvalue weighted by Crippen LogP contribution is 2.29. The van der Waals surface area contributed by atoms with Gasteiger partial charge in [-0.3, -0.25) is 10.3 Å². The molecule has 20 heavy (non-hydrogen) atoms. The number of hydrogen-bond donors (Lipinski definition) is 2. The number of carboxylic acids is 1. The van der Waals surface area contributed by atoms with Crippen LogP contribution in [0.4, 0.5) is 13.2 Å². The fourth-order valence-electron chi connectivity index (χ4n) is 1.22. The molecule has 0 aliphatic rings. The summed E-state index contributed by atoms with van der Waals surface area (Å²) in [4.78, 5) is 15.1. The molecule has 0 aliphatic carbocycles. The number of halogens is 3. The van der Waals surface area contributed by atoms with E-state index in [1.165, 1.54) is 24.3 Å². The second-order valence-electron chi connectivity index (χ2n) is 3.72. The summed E-state index contributed by atoms with van der Waals surface area (Å²) in [7, 11) is 0. The molecule has 0 spiro atoms. The van der Waals surface area contributed by atoms with Gasteiger partial charge in [-0.25, -0.2) is 4.79 Å². The number of aliphatic carboxylic acids is 1. The topological polar surface area (TPSA) is 58.6 Å². The van der Waals surface area contributed by atoms with E-state index >= 15 is 0 Å². The Hall–Kier alpha value is -2.28. The highest BCUT2D eigenvalue weighted by Gasteiger charge is 2.30. The second kappa shape index (κ2) is 6.76. The number of carbonyl (C=O) groups is 1. The Labute approximate surface area is 113 Å². The summed E-state index contributed by atoms with van der Waals surface area (Å²) in [6.07, 6.45) is -1.51. The summed E-state index contributed by atoms with van der Waals surface area (Å²) in [5.41, 5.74) is 1.37. The minimum atomic E-state index is -4.39. The van der Waals surface area contributed by atoms with Gasteiger partial charge in [0.25, 0.3) is 0 Å². The second-order valence-corrected chi connectivity index (χ2v) is 3.72. The molecule has 0 fully saturated rings. The van der Waals surface area contributed by atoms with E-state index in [9.17, 15) is 18.0 Å². The number of hydrogen-bond acceptors (Lipinski definition) is 3. The first-order valence-electron chi connectivity index (χ1n) is 5.44. The maximum atomic E-state index is 12.5. The van der Waals surface area contributed by atoms with Crippen LogP contribution in [0, 0.1) is 0 Å². The third-order valence-electron chi connectivity index (χ3n) is 2.16. The van der Waals surface area contributed by atoms with E-state index in [4.69, 9.17) is 9.94 Å². The number of rotatable bonds is 6. The van der Waals surface area contributed by atoms with E-state index in [0.29, 0.717) is 5.56 Å². The minimum absolute atomic E-state index is 0.0253. The molecule has 108 valence electrons. The van der Waals surface area contributed by atoms with Gasteiger partial charge in [-0.1, -0.05) is 30.9 Å². The van der Waals surface area contributed by atoms with Crippen molar-refractivity contribution in [1.29, 1.82) is 0 Å². The van der Waals surface area contributed by atoms with Crippen molar-refractivity contribution < 1.29 is 27.9 Å². The summed E-state index contributed by atoms with van der Waals surface area (Å²) in [5, 5.41) is 8.46. The lowest BCUT2D eigenvalue weighted by atomic mass is 10.1. The third-order valence-corrected chi connectivity index (χ3v) is 2.16. The van der Waals surface area contributed by atoms with Gasteiger partial charge in [-0.2, -0.15) is 13.2 Å². The van der Waals surface area contributed by atoms with Crippen LogP contribution in [0.3, 0.4) is 0 Å². The highest BCUT2D eigenvalue weighted by molar-refractivity contribution is 5.84. The SMILES string of the molecule is C=C(NOCC=Cc1cccc(C(F)(F)F)c1)C(=O)O. The predicted octanol–water partition coefficient (Wildman–Crippen LogP) is 2.84. The molecule has 0 aliphatic heterocycles. The van der Waals surface area contributed by atoms with Crippen LogP contribution in [-0.2, 0) is 15.8 Å². The van der Waals surface area contributed by atoms with Gasteiger partial charge in [0.15, 0.2) is 0 Å². The first-order valence-corrected chi connectivity index (χ1v) is 5.44. The first-order chi connectivity index (χ1) is 9.30. The van der Waals surface area contributed by atoms with E-state index in [1.807, 2.05) is 0 Å². The van der Waals surface area contributed by atoms with Gasteiger partial charge in [0.05, 0.1) is 12.2 Å². The van der Waals surface area contributed by atoms with Crippen molar-refractivity contribution in [2.24, 2.45) is 0 Å². The molecule has 4 nitrogen and oxygen atoms in total. The molecule has 2 N–H and O–H groups in total. The van der Waals surface area contributed by atoms with Crippen LogP contribution >= 0.6 is 0 Å². The van der Waals surface area contributed by atoms with Crippen molar-refractivity contribution in [3.8, 4) is 0 Å². The largest absolute Gasteiger partial charge is 0.477 e. The first kappa shape index (κ1) is 15.8. The Morgan fingerprint density at radius 1 is 1.45 bits per heavy atom. The number of carboxylic acid groups (broad SMARTS) is 1. The molecule has 0 radical (unpaired) electrons. The highest BCUT2D eigenvalue weighted by atomic mass is 19.4. The van der Waals surface area contributed by atoms with Crippen LogP contribution < -0.4 is 5.48 Å². The van der Waals surface area contributed by atoms with Gasteiger partial charge in [0.2, 0.25) is 0 Å². The fraction of sp³-hybridized carbons (Fsp3) is 0.154. The molecule has 0 heterocycles. The number of benzene rings is 1. The lowest BCUT2D eigenvalue weighted by molar-refractivity contribution is -0.137. The molecule has 0 amide bonds. The van der Waals surface area contributed by atoms with E-state index in [2.05, 4.69) is 12.1 Å². The molecule has 1 aromatic rings. The van der Waals surface area contributed by atoms with Gasteiger partial charge in [-0.15, -0.1) is 0 Å². The van der Waals surface area contributed by atoms with Crippen LogP contribution in [0.5, 0.6) is 0 Å². The Kier molecular flexibility index (Phi) is 5.33. The maximum absolute atomic E-state index is 12.5. The lowest BCUT2D eigenvalue weighted by Gasteiger charge is -2.06. The van der Waals surface area contributed by atoms with E-state index in [1.54, 1.807) is 0 Å². The maximum Gasteiger partial charge on any atom is 0.416 e. The molecule has 0 bridgehead atoms. The zero-order chi connectivity index (χ0) is 15.2. The molecule has 7 heteroatoms. The Balaban J connectivity index is 2.51. The summed E-state index contributed by atoms with van der Waals surface area (Å²) >= 11 is 0. The van der Waals surface area contributed by atoms with E-state index in [0.717, 1.165) is 12.1 Å². The van der Waals surface area contributed by atoms with Crippen LogP contribution in [0.2, 0.25) is 0 Å². The van der Waals surface area contributed by atoms with Gasteiger partial charge in [0.1, 0.15) is 5.70 Å². The van der Waals surface area contributed by atoms with Gasteiger partial charge in [-0.05, 0) is 17.7 Å². The van der Waals surface area contributed by atoms with Crippen molar-refractivity contribution in [1.82, 2.24) is 5.48 Å². The summed E-state index contributed by atoms with van der Waals surface area (Å²) < 4.78 is 37.4. The number of nitrogens with one attached hydrogen (secondary N) is 1. The van der Waals surface area contributed by atoms with Crippen LogP contribution in [-0.4, -0.2) is 17.7 Å². The Morgan fingerprint density at radius 2 is 2.15 bits per heavy atom. The molecule has 1 aromatic carbocycles. The summed E-state index contributed by atoms with van der Waals surface area (Å²) in [5.74, 6) is -1.26. The predicted molar refractivity (Wildman–Crippen MR) is 66.3 cm³/mol. The molecule has 0 saturated heterocycles.